The van der Waals surface area contributed by atoms with E-state index < -0.39 is 0 Å². The van der Waals surface area contributed by atoms with Gasteiger partial charge in [0.25, 0.3) is 0 Å². The fourth-order valence-corrected chi connectivity index (χ4v) is 0.864. The number of aliphatic imine (C=N–C) groups is 1. The predicted molar refractivity (Wildman–Crippen MR) is 78.7 cm³/mol. The van der Waals surface area contributed by atoms with Gasteiger partial charge in [-0.1, -0.05) is 59.2 Å². The third-order valence-electron chi connectivity index (χ3n) is 2.14. The van der Waals surface area contributed by atoms with E-state index in [0.29, 0.717) is 0 Å². The molecule has 1 aromatic carbocycles. The molecule has 3 heteroatoms. The van der Waals surface area contributed by atoms with Gasteiger partial charge in [-0.15, -0.1) is 0 Å². The zero-order chi connectivity index (χ0) is 12.6. The molecule has 0 amide bonds. The summed E-state index contributed by atoms with van der Waals surface area (Å²) < 4.78 is 0. The number of hydrogen-bond acceptors (Lipinski definition) is 2. The van der Waals surface area contributed by atoms with Gasteiger partial charge in [-0.2, -0.15) is 0 Å². The van der Waals surface area contributed by atoms with Gasteiger partial charge in [0.05, 0.1) is 5.69 Å². The van der Waals surface area contributed by atoms with E-state index in [2.05, 4.69) is 46.5 Å². The van der Waals surface area contributed by atoms with E-state index in [-0.39, 0.29) is 63.7 Å². The minimum atomic E-state index is 0. The second kappa shape index (κ2) is 12.5. The summed E-state index contributed by atoms with van der Waals surface area (Å²) in [4.78, 5) is 4.55. The van der Waals surface area contributed by atoms with Gasteiger partial charge in [0, 0.05) is 7.14 Å². The van der Waals surface area contributed by atoms with Gasteiger partial charge in [0.2, 0.25) is 0 Å². The average molecular weight is 277 g/mol. The first-order valence-corrected chi connectivity index (χ1v) is 6.02. The van der Waals surface area contributed by atoms with Crippen LogP contribution in [0.25, 0.3) is 0 Å². The zero-order valence-corrected chi connectivity index (χ0v) is 16.1. The van der Waals surface area contributed by atoms with Crippen LogP contribution >= 0.6 is 0 Å². The Balaban J connectivity index is -0.000000172. The van der Waals surface area contributed by atoms with Crippen LogP contribution in [-0.2, 0) is 0 Å². The maximum atomic E-state index is 4.55. The Bertz CT molecular complexity index is 321. The molecule has 0 unspecified atom stereocenters. The average Bonchev–Trinajstić information content (AvgIpc) is 2.19. The minimum absolute atomic E-state index is 0. The second-order valence-electron chi connectivity index (χ2n) is 4.99. The van der Waals surface area contributed by atoms with Gasteiger partial charge >= 0.3 is 51.4 Å². The first-order chi connectivity index (χ1) is 7.41. The van der Waals surface area contributed by atoms with Crippen LogP contribution in [0, 0.1) is 5.41 Å². The molecule has 0 aliphatic heterocycles. The summed E-state index contributed by atoms with van der Waals surface area (Å²) in [5, 5.41) is 0. The van der Waals surface area contributed by atoms with E-state index in [1.54, 1.807) is 0 Å². The Morgan fingerprint density at radius 2 is 1.50 bits per heavy atom. The molecule has 100 valence electrons. The van der Waals surface area contributed by atoms with Gasteiger partial charge in [0.1, 0.15) is 0 Å². The fourth-order valence-electron chi connectivity index (χ4n) is 0.864. The zero-order valence-electron chi connectivity index (χ0n) is 13.0. The molecule has 0 heterocycles. The van der Waals surface area contributed by atoms with Crippen LogP contribution in [0.4, 0.5) is 5.69 Å². The molecule has 0 atom stereocenters. The molecule has 0 aromatic heterocycles. The first-order valence-electron chi connectivity index (χ1n) is 6.02. The van der Waals surface area contributed by atoms with Crippen molar-refractivity contribution in [1.29, 1.82) is 0 Å². The summed E-state index contributed by atoms with van der Waals surface area (Å²) in [6, 6.07) is 10.1. The van der Waals surface area contributed by atoms with Crippen molar-refractivity contribution in [3.05, 3.63) is 30.3 Å². The van der Waals surface area contributed by atoms with E-state index in [1.807, 2.05) is 30.3 Å². The van der Waals surface area contributed by atoms with Gasteiger partial charge in [-0.25, -0.2) is 0 Å². The first kappa shape index (κ1) is 23.6. The van der Waals surface area contributed by atoms with Gasteiger partial charge in [-0.3, -0.25) is 4.99 Å². The number of hydrogen-bond donors (Lipinski definition) is 0. The largest absolute Gasteiger partial charge is 1.00 e. The van der Waals surface area contributed by atoms with Crippen LogP contribution in [0.15, 0.2) is 35.3 Å². The number of benzene rings is 1. The van der Waals surface area contributed by atoms with Crippen LogP contribution in [0.3, 0.4) is 0 Å². The minimum Gasteiger partial charge on any atom is -0.870 e. The van der Waals surface area contributed by atoms with Crippen molar-refractivity contribution in [1.82, 2.24) is 0 Å². The molecule has 0 aliphatic carbocycles. The summed E-state index contributed by atoms with van der Waals surface area (Å²) in [6.07, 6.45) is 1.25. The molecule has 0 spiro atoms. The van der Waals surface area contributed by atoms with Crippen LogP contribution in [-0.4, -0.2) is 11.2 Å². The Morgan fingerprint density at radius 1 is 1.11 bits per heavy atom. The molecular formula is C15H28KNO. The molecule has 0 saturated carbocycles. The molecule has 0 bridgehead atoms. The van der Waals surface area contributed by atoms with Crippen molar-refractivity contribution in [3.63, 3.8) is 0 Å². The Kier molecular flexibility index (Phi) is 16.4. The summed E-state index contributed by atoms with van der Waals surface area (Å²) in [7, 11) is 0. The molecule has 1 N–H and O–H groups in total. The van der Waals surface area contributed by atoms with Gasteiger partial charge in [0.15, 0.2) is 0 Å². The maximum absolute atomic E-state index is 4.55. The number of rotatable bonds is 1. The molecule has 1 aromatic rings. The van der Waals surface area contributed by atoms with Crippen LogP contribution in [0.1, 0.15) is 49.4 Å². The Morgan fingerprint density at radius 3 is 1.83 bits per heavy atom. The quantitative estimate of drug-likeness (QED) is 0.574. The second-order valence-corrected chi connectivity index (χ2v) is 4.99. The summed E-state index contributed by atoms with van der Waals surface area (Å²) in [5.41, 5.74) is 2.36. The monoisotopic (exact) mass is 277 g/mol. The van der Waals surface area contributed by atoms with E-state index in [4.69, 9.17) is 0 Å². The number of nitrogens with zero attached hydrogens (tertiary/aromatic N) is 1. The molecule has 0 fully saturated rings. The third kappa shape index (κ3) is 11.6. The topological polar surface area (TPSA) is 42.4 Å². The summed E-state index contributed by atoms with van der Waals surface area (Å²) in [5.74, 6) is 0. The van der Waals surface area contributed by atoms with Crippen molar-refractivity contribution in [2.75, 3.05) is 0 Å². The SMILES string of the molecule is CC(=Nc1ccccc1)C(C)(C)C.CCC.[HH].[K+].[OH-]. The number of para-hydroxylation sites is 1. The fraction of sp³-hybridized carbons (Fsp3) is 0.533. The molecule has 0 radical (unpaired) electrons. The van der Waals surface area contributed by atoms with E-state index in [0.717, 1.165) is 5.69 Å². The molecular weight excluding hydrogens is 249 g/mol. The summed E-state index contributed by atoms with van der Waals surface area (Å²) in [6.45, 7) is 12.9. The molecule has 1 rings (SSSR count). The predicted octanol–water partition coefficient (Wildman–Crippen LogP) is 2.31. The molecule has 0 aliphatic rings. The molecule has 0 saturated heterocycles. The van der Waals surface area contributed by atoms with Gasteiger partial charge in [-0.05, 0) is 24.5 Å². The standard InChI is InChI=1S/C12H17N.C3H8.K.H2O.H2/c1-10(12(2,3)4)13-11-8-6-5-7-9-11;1-3-2;;;/h5-9H,1-4H3;3H2,1-2H3;;1H2;1H/q;;+1;;/p-1. The van der Waals surface area contributed by atoms with E-state index in [1.165, 1.54) is 12.1 Å². The normalized spacial score (nSPS) is 10.4. The summed E-state index contributed by atoms with van der Waals surface area (Å²) >= 11 is 0. The van der Waals surface area contributed by atoms with Gasteiger partial charge < -0.3 is 5.48 Å². The molecule has 18 heavy (non-hydrogen) atoms. The van der Waals surface area contributed by atoms with Crippen molar-refractivity contribution in [2.45, 2.75) is 48.0 Å². The van der Waals surface area contributed by atoms with E-state index in [9.17, 15) is 0 Å². The van der Waals surface area contributed by atoms with Crippen molar-refractivity contribution >= 4 is 11.4 Å². The Labute approximate surface area is 157 Å². The van der Waals surface area contributed by atoms with Crippen molar-refractivity contribution in [2.24, 2.45) is 10.4 Å². The molecule has 2 nitrogen and oxygen atoms in total. The Hall–Kier alpha value is 0.486. The third-order valence-corrected chi connectivity index (χ3v) is 2.14. The maximum Gasteiger partial charge on any atom is 1.00 e. The van der Waals surface area contributed by atoms with Crippen molar-refractivity contribution < 1.29 is 58.3 Å². The van der Waals surface area contributed by atoms with Crippen LogP contribution in [0.5, 0.6) is 0 Å². The van der Waals surface area contributed by atoms with Crippen LogP contribution < -0.4 is 51.4 Å². The van der Waals surface area contributed by atoms with E-state index >= 15 is 0 Å². The van der Waals surface area contributed by atoms with Crippen LogP contribution in [0.2, 0.25) is 0 Å². The van der Waals surface area contributed by atoms with Crippen molar-refractivity contribution in [3.8, 4) is 0 Å². The smallest absolute Gasteiger partial charge is 0.870 e.